The van der Waals surface area contributed by atoms with E-state index in [1.54, 1.807) is 11.3 Å². The molecule has 4 rings (SSSR count). The third kappa shape index (κ3) is 3.57. The Hall–Kier alpha value is -1.21. The Morgan fingerprint density at radius 3 is 2.96 bits per heavy atom. The van der Waals surface area contributed by atoms with Gasteiger partial charge in [0.05, 0.1) is 23.8 Å². The van der Waals surface area contributed by atoms with Crippen LogP contribution in [0, 0.1) is 6.92 Å². The largest absolute Gasteiger partial charge is 0.440 e. The van der Waals surface area contributed by atoms with Crippen molar-refractivity contribution in [3.8, 4) is 10.8 Å². The molecule has 24 heavy (non-hydrogen) atoms. The van der Waals surface area contributed by atoms with E-state index in [-0.39, 0.29) is 0 Å². The first-order valence-electron chi connectivity index (χ1n) is 8.84. The summed E-state index contributed by atoms with van der Waals surface area (Å²) in [7, 11) is 0. The third-order valence-electron chi connectivity index (χ3n) is 5.04. The second kappa shape index (κ2) is 7.35. The Bertz CT molecular complexity index is 649. The summed E-state index contributed by atoms with van der Waals surface area (Å²) < 4.78 is 11.4. The van der Waals surface area contributed by atoms with Crippen LogP contribution >= 0.6 is 11.3 Å². The molecule has 5 nitrogen and oxygen atoms in total. The molecule has 1 atom stereocenters. The normalized spacial score (nSPS) is 23.6. The Kier molecular flexibility index (Phi) is 4.98. The first-order valence-corrected chi connectivity index (χ1v) is 9.72. The van der Waals surface area contributed by atoms with Gasteiger partial charge in [0.2, 0.25) is 5.89 Å². The lowest BCUT2D eigenvalue weighted by Gasteiger charge is -2.40. The second-order valence-corrected chi connectivity index (χ2v) is 7.63. The van der Waals surface area contributed by atoms with Crippen molar-refractivity contribution in [1.29, 1.82) is 0 Å². The van der Waals surface area contributed by atoms with Crippen LogP contribution in [-0.4, -0.2) is 60.2 Å². The number of rotatable bonds is 4. The Labute approximate surface area is 147 Å². The van der Waals surface area contributed by atoms with Gasteiger partial charge < -0.3 is 9.15 Å². The summed E-state index contributed by atoms with van der Waals surface area (Å²) in [6, 6.07) is 4.76. The van der Waals surface area contributed by atoms with Gasteiger partial charge in [-0.25, -0.2) is 4.98 Å². The predicted molar refractivity (Wildman–Crippen MR) is 95.2 cm³/mol. The molecule has 2 fully saturated rings. The van der Waals surface area contributed by atoms with Crippen molar-refractivity contribution in [3.63, 3.8) is 0 Å². The highest BCUT2D eigenvalue weighted by molar-refractivity contribution is 7.13. The molecule has 0 amide bonds. The van der Waals surface area contributed by atoms with E-state index in [1.807, 2.05) is 13.0 Å². The number of morpholine rings is 1. The molecular formula is C18H25N3O2S. The van der Waals surface area contributed by atoms with Gasteiger partial charge in [-0.2, -0.15) is 0 Å². The van der Waals surface area contributed by atoms with Crippen LogP contribution in [0.15, 0.2) is 21.9 Å². The minimum Gasteiger partial charge on any atom is -0.440 e. The summed E-state index contributed by atoms with van der Waals surface area (Å²) in [5.41, 5.74) is 1.08. The molecule has 0 bridgehead atoms. The SMILES string of the molecule is Cc1oc(-c2cccs2)nc1CN1CCC[C@@H](N2CCOCC2)C1. The summed E-state index contributed by atoms with van der Waals surface area (Å²) in [4.78, 5) is 11.0. The molecule has 2 aliphatic heterocycles. The number of piperidine rings is 1. The first kappa shape index (κ1) is 16.3. The summed E-state index contributed by atoms with van der Waals surface area (Å²) in [5, 5.41) is 2.06. The molecule has 6 heteroatoms. The number of aromatic nitrogens is 1. The van der Waals surface area contributed by atoms with Gasteiger partial charge in [0.1, 0.15) is 5.76 Å². The molecular weight excluding hydrogens is 322 g/mol. The van der Waals surface area contributed by atoms with Crippen LogP contribution in [0.3, 0.4) is 0 Å². The van der Waals surface area contributed by atoms with Crippen LogP contribution in [0.5, 0.6) is 0 Å². The van der Waals surface area contributed by atoms with E-state index in [1.165, 1.54) is 12.8 Å². The molecule has 0 radical (unpaired) electrons. The Balaban J connectivity index is 1.41. The highest BCUT2D eigenvalue weighted by atomic mass is 32.1. The van der Waals surface area contributed by atoms with Crippen LogP contribution in [0.1, 0.15) is 24.3 Å². The lowest BCUT2D eigenvalue weighted by atomic mass is 10.0. The fourth-order valence-corrected chi connectivity index (χ4v) is 4.36. The van der Waals surface area contributed by atoms with E-state index >= 15 is 0 Å². The van der Waals surface area contributed by atoms with Gasteiger partial charge in [-0.3, -0.25) is 9.80 Å². The van der Waals surface area contributed by atoms with Gasteiger partial charge in [0, 0.05) is 32.2 Å². The summed E-state index contributed by atoms with van der Waals surface area (Å²) in [6.07, 6.45) is 2.56. The van der Waals surface area contributed by atoms with Crippen molar-refractivity contribution in [2.75, 3.05) is 39.4 Å². The minimum absolute atomic E-state index is 0.659. The third-order valence-corrected chi connectivity index (χ3v) is 5.90. The molecule has 0 aromatic carbocycles. The molecule has 2 saturated heterocycles. The van der Waals surface area contributed by atoms with E-state index in [0.29, 0.717) is 6.04 Å². The first-order chi connectivity index (χ1) is 11.8. The number of thiophene rings is 1. The van der Waals surface area contributed by atoms with Crippen molar-refractivity contribution in [1.82, 2.24) is 14.8 Å². The van der Waals surface area contributed by atoms with Gasteiger partial charge in [-0.15, -0.1) is 11.3 Å². The second-order valence-electron chi connectivity index (χ2n) is 6.68. The van der Waals surface area contributed by atoms with Crippen LogP contribution in [-0.2, 0) is 11.3 Å². The van der Waals surface area contributed by atoms with E-state index in [9.17, 15) is 0 Å². The van der Waals surface area contributed by atoms with Gasteiger partial charge in [0.15, 0.2) is 0 Å². The maximum atomic E-state index is 5.89. The molecule has 0 spiro atoms. The average Bonchev–Trinajstić information content (AvgIpc) is 3.27. The number of hydrogen-bond acceptors (Lipinski definition) is 6. The summed E-state index contributed by atoms with van der Waals surface area (Å²) >= 11 is 1.67. The summed E-state index contributed by atoms with van der Waals surface area (Å²) in [5.74, 6) is 1.71. The topological polar surface area (TPSA) is 41.7 Å². The van der Waals surface area contributed by atoms with Crippen molar-refractivity contribution < 1.29 is 9.15 Å². The zero-order valence-corrected chi connectivity index (χ0v) is 15.1. The predicted octanol–water partition coefficient (Wildman–Crippen LogP) is 3.01. The highest BCUT2D eigenvalue weighted by Gasteiger charge is 2.27. The average molecular weight is 347 g/mol. The number of nitrogens with zero attached hydrogens (tertiary/aromatic N) is 3. The van der Waals surface area contributed by atoms with Crippen molar-refractivity contribution >= 4 is 11.3 Å². The lowest BCUT2D eigenvalue weighted by molar-refractivity contribution is -0.00374. The lowest BCUT2D eigenvalue weighted by Crippen LogP contribution is -2.51. The Morgan fingerprint density at radius 1 is 1.29 bits per heavy atom. The smallest absolute Gasteiger partial charge is 0.236 e. The molecule has 130 valence electrons. The summed E-state index contributed by atoms with van der Waals surface area (Å²) in [6.45, 7) is 9.10. The quantitative estimate of drug-likeness (QED) is 0.850. The van der Waals surface area contributed by atoms with Crippen LogP contribution in [0.2, 0.25) is 0 Å². The number of aryl methyl sites for hydroxylation is 1. The fraction of sp³-hybridized carbons (Fsp3) is 0.611. The Morgan fingerprint density at radius 2 is 2.17 bits per heavy atom. The van der Waals surface area contributed by atoms with Gasteiger partial charge in [-0.05, 0) is 37.8 Å². The van der Waals surface area contributed by atoms with Crippen LogP contribution in [0.25, 0.3) is 10.8 Å². The van der Waals surface area contributed by atoms with E-state index in [4.69, 9.17) is 14.1 Å². The van der Waals surface area contributed by atoms with E-state index < -0.39 is 0 Å². The van der Waals surface area contributed by atoms with Crippen LogP contribution in [0.4, 0.5) is 0 Å². The minimum atomic E-state index is 0.659. The molecule has 4 heterocycles. The highest BCUT2D eigenvalue weighted by Crippen LogP contribution is 2.27. The van der Waals surface area contributed by atoms with Gasteiger partial charge in [0.25, 0.3) is 0 Å². The zero-order chi connectivity index (χ0) is 16.4. The molecule has 2 aliphatic rings. The molecule has 0 aliphatic carbocycles. The monoisotopic (exact) mass is 347 g/mol. The number of oxazole rings is 1. The molecule has 0 saturated carbocycles. The number of likely N-dealkylation sites (tertiary alicyclic amines) is 1. The fourth-order valence-electron chi connectivity index (χ4n) is 3.71. The van der Waals surface area contributed by atoms with E-state index in [2.05, 4.69) is 21.2 Å². The van der Waals surface area contributed by atoms with Gasteiger partial charge in [-0.1, -0.05) is 6.07 Å². The van der Waals surface area contributed by atoms with Gasteiger partial charge >= 0.3 is 0 Å². The van der Waals surface area contributed by atoms with Crippen LogP contribution < -0.4 is 0 Å². The number of hydrogen-bond donors (Lipinski definition) is 0. The van der Waals surface area contributed by atoms with Crippen molar-refractivity contribution in [2.24, 2.45) is 0 Å². The van der Waals surface area contributed by atoms with Crippen molar-refractivity contribution in [2.45, 2.75) is 32.4 Å². The van der Waals surface area contributed by atoms with E-state index in [0.717, 1.165) is 68.2 Å². The zero-order valence-electron chi connectivity index (χ0n) is 14.2. The standard InChI is InChI=1S/C18H25N3O2S/c1-14-16(19-18(23-14)17-5-3-11-24-17)13-20-6-2-4-15(12-20)21-7-9-22-10-8-21/h3,5,11,15H,2,4,6-10,12-13H2,1H3/t15-/m1/s1. The number of ether oxygens (including phenoxy) is 1. The molecule has 2 aromatic rings. The van der Waals surface area contributed by atoms with Crippen molar-refractivity contribution in [3.05, 3.63) is 29.0 Å². The molecule has 0 unspecified atom stereocenters. The maximum Gasteiger partial charge on any atom is 0.236 e. The molecule has 2 aromatic heterocycles. The maximum absolute atomic E-state index is 5.89. The molecule has 0 N–H and O–H groups in total.